The highest BCUT2D eigenvalue weighted by molar-refractivity contribution is 5.95. The van der Waals surface area contributed by atoms with Gasteiger partial charge in [-0.1, -0.05) is 169 Å². The van der Waals surface area contributed by atoms with Crippen LogP contribution < -0.4 is 27.0 Å². The van der Waals surface area contributed by atoms with Crippen LogP contribution in [0.15, 0.2) is 182 Å². The molecule has 0 saturated heterocycles. The number of halogens is 1. The summed E-state index contributed by atoms with van der Waals surface area (Å²) < 4.78 is 4.16. The number of carbonyl (C=O) groups is 1. The first kappa shape index (κ1) is 34.3. The van der Waals surface area contributed by atoms with Gasteiger partial charge in [-0.25, -0.2) is 0 Å². The Kier molecular flexibility index (Phi) is 10.8. The van der Waals surface area contributed by atoms with Gasteiger partial charge in [0.1, 0.15) is 12.1 Å². The fourth-order valence-corrected chi connectivity index (χ4v) is 6.67. The molecule has 0 aliphatic carbocycles. The minimum Gasteiger partial charge on any atom is -1.00 e. The first-order valence-corrected chi connectivity index (χ1v) is 16.7. The van der Waals surface area contributed by atoms with E-state index in [-0.39, 0.29) is 28.9 Å². The Morgan fingerprint density at radius 2 is 1.14 bits per heavy atom. The average Bonchev–Trinajstić information content (AvgIpc) is 3.58. The standard InChI is InChI=1S/C44H38N4O.BrH/c1-34-27-29-37(30-28-34)41-33-48(46-47(41)32-36-19-9-3-10-20-36)42(31-35-17-7-2-8-18-35)44(39-23-13-5-14-24-39,40-25-15-6-16-26-40)45-43(49)38-21-11-4-12-22-38;/h2-30,33,42H,31-32H2,1H3;1H/t42-;/m0./s1. The Morgan fingerprint density at radius 3 is 1.68 bits per heavy atom. The number of hydrogen-bond acceptors (Lipinski definition) is 2. The highest BCUT2D eigenvalue weighted by Gasteiger charge is 2.49. The molecular weight excluding hydrogens is 680 g/mol. The summed E-state index contributed by atoms with van der Waals surface area (Å²) >= 11 is 0. The van der Waals surface area contributed by atoms with Crippen molar-refractivity contribution in [2.45, 2.75) is 31.5 Å². The van der Waals surface area contributed by atoms with Gasteiger partial charge in [0.25, 0.3) is 5.91 Å². The van der Waals surface area contributed by atoms with Crippen molar-refractivity contribution < 1.29 is 26.5 Å². The van der Waals surface area contributed by atoms with Crippen molar-refractivity contribution in [1.82, 2.24) is 15.2 Å². The van der Waals surface area contributed by atoms with Gasteiger partial charge in [-0.05, 0) is 41.3 Å². The topological polar surface area (TPSA) is 50.8 Å². The lowest BCUT2D eigenvalue weighted by Crippen LogP contribution is -3.00. The second-order valence-electron chi connectivity index (χ2n) is 12.5. The number of amides is 1. The number of carbonyl (C=O) groups excluding carboxylic acids is 1. The zero-order valence-electron chi connectivity index (χ0n) is 27.9. The van der Waals surface area contributed by atoms with Gasteiger partial charge >= 0.3 is 0 Å². The number of hydrogen-bond donors (Lipinski definition) is 1. The highest BCUT2D eigenvalue weighted by Crippen LogP contribution is 2.40. The summed E-state index contributed by atoms with van der Waals surface area (Å²) in [6, 6.07) is 59.2. The van der Waals surface area contributed by atoms with Crippen molar-refractivity contribution in [2.75, 3.05) is 0 Å². The Labute approximate surface area is 304 Å². The molecule has 7 aromatic rings. The van der Waals surface area contributed by atoms with Gasteiger partial charge in [-0.15, -0.1) is 9.36 Å². The van der Waals surface area contributed by atoms with Gasteiger partial charge in [0.15, 0.2) is 17.9 Å². The molecule has 0 radical (unpaired) electrons. The van der Waals surface area contributed by atoms with E-state index in [9.17, 15) is 4.79 Å². The second-order valence-corrected chi connectivity index (χ2v) is 12.5. The van der Waals surface area contributed by atoms with Gasteiger partial charge in [-0.3, -0.25) is 4.79 Å². The van der Waals surface area contributed by atoms with Crippen LogP contribution in [0.2, 0.25) is 0 Å². The maximum atomic E-state index is 14.4. The molecule has 0 saturated carbocycles. The molecule has 50 heavy (non-hydrogen) atoms. The molecule has 0 aliphatic rings. The lowest BCUT2D eigenvalue weighted by molar-refractivity contribution is -0.785. The van der Waals surface area contributed by atoms with E-state index < -0.39 is 5.54 Å². The van der Waals surface area contributed by atoms with Crippen LogP contribution in [0.3, 0.4) is 0 Å². The first-order chi connectivity index (χ1) is 24.1. The number of rotatable bonds is 11. The fourth-order valence-electron chi connectivity index (χ4n) is 6.67. The van der Waals surface area contributed by atoms with E-state index in [2.05, 4.69) is 125 Å². The SMILES string of the molecule is Cc1ccc(-c2c[n+]([C@@H](Cc3ccccc3)C(NC(=O)c3ccccc3)(c3ccccc3)c3ccccc3)nn2Cc2ccccc2)cc1.[Br-]. The van der Waals surface area contributed by atoms with Gasteiger partial charge in [-0.2, -0.15) is 0 Å². The molecule has 1 atom stereocenters. The van der Waals surface area contributed by atoms with E-state index in [4.69, 9.17) is 5.21 Å². The largest absolute Gasteiger partial charge is 1.00 e. The van der Waals surface area contributed by atoms with Crippen molar-refractivity contribution in [3.05, 3.63) is 216 Å². The minimum absolute atomic E-state index is 0. The normalized spacial score (nSPS) is 11.7. The molecule has 0 bridgehead atoms. The van der Waals surface area contributed by atoms with E-state index >= 15 is 0 Å². The summed E-state index contributed by atoms with van der Waals surface area (Å²) in [5.41, 5.74) is 7.06. The molecule has 6 heteroatoms. The number of benzene rings is 6. The third-order valence-corrected chi connectivity index (χ3v) is 9.16. The van der Waals surface area contributed by atoms with Crippen LogP contribution in [-0.2, 0) is 18.5 Å². The Hall–Kier alpha value is -5.59. The number of aryl methyl sites for hydroxylation is 1. The molecule has 0 aliphatic heterocycles. The maximum absolute atomic E-state index is 14.4. The van der Waals surface area contributed by atoms with Crippen LogP contribution in [-0.4, -0.2) is 15.8 Å². The van der Waals surface area contributed by atoms with E-state index in [0.717, 1.165) is 33.5 Å². The Morgan fingerprint density at radius 1 is 0.660 bits per heavy atom. The molecule has 7 rings (SSSR count). The molecule has 0 fully saturated rings. The lowest BCUT2D eigenvalue weighted by Gasteiger charge is -2.40. The highest BCUT2D eigenvalue weighted by atomic mass is 79.9. The minimum atomic E-state index is -1.02. The van der Waals surface area contributed by atoms with Crippen molar-refractivity contribution in [1.29, 1.82) is 0 Å². The van der Waals surface area contributed by atoms with Crippen molar-refractivity contribution in [3.8, 4) is 11.3 Å². The van der Waals surface area contributed by atoms with Gasteiger partial charge in [0.05, 0.1) is 5.21 Å². The summed E-state index contributed by atoms with van der Waals surface area (Å²) in [4.78, 5) is 14.4. The molecule has 1 aromatic heterocycles. The second kappa shape index (κ2) is 15.7. The lowest BCUT2D eigenvalue weighted by atomic mass is 9.74. The van der Waals surface area contributed by atoms with E-state index in [1.165, 1.54) is 5.56 Å². The summed E-state index contributed by atoms with van der Waals surface area (Å²) in [7, 11) is 0. The van der Waals surface area contributed by atoms with Crippen LogP contribution in [0, 0.1) is 6.92 Å². The average molecular weight is 720 g/mol. The Balaban J connectivity index is 0.00000432. The Bertz CT molecular complexity index is 2060. The van der Waals surface area contributed by atoms with Crippen LogP contribution in [0.1, 0.15) is 44.2 Å². The van der Waals surface area contributed by atoms with Crippen molar-refractivity contribution in [3.63, 3.8) is 0 Å². The number of nitrogens with zero attached hydrogens (tertiary/aromatic N) is 3. The van der Waals surface area contributed by atoms with Crippen LogP contribution >= 0.6 is 0 Å². The predicted octanol–water partition coefficient (Wildman–Crippen LogP) is 5.36. The predicted molar refractivity (Wildman–Crippen MR) is 195 cm³/mol. The third-order valence-electron chi connectivity index (χ3n) is 9.16. The van der Waals surface area contributed by atoms with Gasteiger partial charge in [0, 0.05) is 17.5 Å². The summed E-state index contributed by atoms with van der Waals surface area (Å²) in [6.07, 6.45) is 2.75. The number of aromatic nitrogens is 3. The van der Waals surface area contributed by atoms with Gasteiger partial charge < -0.3 is 22.3 Å². The van der Waals surface area contributed by atoms with E-state index in [1.807, 2.05) is 78.9 Å². The van der Waals surface area contributed by atoms with Crippen LogP contribution in [0.25, 0.3) is 11.3 Å². The molecule has 5 nitrogen and oxygen atoms in total. The molecule has 248 valence electrons. The summed E-state index contributed by atoms with van der Waals surface area (Å²) in [5, 5.41) is 8.99. The molecule has 1 heterocycles. The van der Waals surface area contributed by atoms with Crippen LogP contribution in [0.5, 0.6) is 0 Å². The van der Waals surface area contributed by atoms with E-state index in [0.29, 0.717) is 18.5 Å². The third kappa shape index (κ3) is 7.36. The van der Waals surface area contributed by atoms with Crippen molar-refractivity contribution in [2.24, 2.45) is 0 Å². The summed E-state index contributed by atoms with van der Waals surface area (Å²) in [6.45, 7) is 2.69. The maximum Gasteiger partial charge on any atom is 0.252 e. The van der Waals surface area contributed by atoms with E-state index in [1.54, 1.807) is 0 Å². The number of nitrogens with one attached hydrogen (secondary N) is 1. The molecule has 0 unspecified atom stereocenters. The van der Waals surface area contributed by atoms with Gasteiger partial charge in [0.2, 0.25) is 0 Å². The monoisotopic (exact) mass is 718 g/mol. The molecule has 1 N–H and O–H groups in total. The molecular formula is C44H39BrN4O. The zero-order valence-corrected chi connectivity index (χ0v) is 29.5. The van der Waals surface area contributed by atoms with Crippen molar-refractivity contribution >= 4 is 5.91 Å². The molecule has 6 aromatic carbocycles. The molecule has 1 amide bonds. The molecule has 0 spiro atoms. The quantitative estimate of drug-likeness (QED) is 0.183. The van der Waals surface area contributed by atoms with Crippen LogP contribution in [0.4, 0.5) is 0 Å². The first-order valence-electron chi connectivity index (χ1n) is 16.7. The fraction of sp³-hybridized carbons (Fsp3) is 0.114. The zero-order chi connectivity index (χ0) is 33.5. The summed E-state index contributed by atoms with van der Waals surface area (Å²) in [5.74, 6) is -0.158. The smallest absolute Gasteiger partial charge is 0.252 e.